The van der Waals surface area contributed by atoms with Crippen molar-refractivity contribution in [2.45, 2.75) is 36.0 Å². The van der Waals surface area contributed by atoms with Gasteiger partial charge in [0.2, 0.25) is 5.78 Å². The van der Waals surface area contributed by atoms with Crippen molar-refractivity contribution in [2.24, 2.45) is 0 Å². The van der Waals surface area contributed by atoms with E-state index >= 15 is 8.78 Å². The molecule has 0 radical (unpaired) electrons. The van der Waals surface area contributed by atoms with Gasteiger partial charge in [-0.25, -0.2) is 9.31 Å². The summed E-state index contributed by atoms with van der Waals surface area (Å²) >= 11 is 3.88. The minimum atomic E-state index is -7.53. The van der Waals surface area contributed by atoms with Gasteiger partial charge in [0, 0.05) is 11.8 Å². The van der Waals surface area contributed by atoms with Gasteiger partial charge in [-0.1, -0.05) is 30.3 Å². The lowest BCUT2D eigenvalue weighted by atomic mass is 9.89. The van der Waals surface area contributed by atoms with E-state index in [1.54, 1.807) is 0 Å². The number of aromatic nitrogens is 2. The molecule has 0 aliphatic heterocycles. The average Bonchev–Trinajstić information content (AvgIpc) is 3.19. The molecule has 1 aromatic carbocycles. The molecule has 0 aliphatic carbocycles. The maximum absolute atomic E-state index is 15.5. The highest BCUT2D eigenvalue weighted by molar-refractivity contribution is 6.22. The first-order chi connectivity index (χ1) is 17.4. The van der Waals surface area contributed by atoms with Crippen LogP contribution < -0.4 is 0 Å². The van der Waals surface area contributed by atoms with Crippen LogP contribution in [0.3, 0.4) is 0 Å². The van der Waals surface area contributed by atoms with E-state index in [2.05, 4.69) is 21.4 Å². The third-order valence-electron chi connectivity index (χ3n) is 5.29. The molecule has 16 heteroatoms. The molecule has 0 spiro atoms. The van der Waals surface area contributed by atoms with E-state index in [0.29, 0.717) is 0 Å². The van der Waals surface area contributed by atoms with Crippen molar-refractivity contribution in [3.8, 4) is 0 Å². The number of hydrogen-bond donors (Lipinski definition) is 0. The van der Waals surface area contributed by atoms with Gasteiger partial charge in [0.05, 0.1) is 23.3 Å². The van der Waals surface area contributed by atoms with Crippen LogP contribution in [-0.4, -0.2) is 51.1 Å². The van der Waals surface area contributed by atoms with Crippen molar-refractivity contribution < 1.29 is 58.2 Å². The van der Waals surface area contributed by atoms with E-state index in [1.165, 1.54) is 18.2 Å². The summed E-state index contributed by atoms with van der Waals surface area (Å²) in [7, 11) is 0. The molecular weight excluding hydrogens is 566 g/mol. The van der Waals surface area contributed by atoms with Gasteiger partial charge < -0.3 is 4.74 Å². The van der Waals surface area contributed by atoms with Crippen LogP contribution in [0, 0.1) is 0 Å². The zero-order chi connectivity index (χ0) is 28.9. The zero-order valence-corrected chi connectivity index (χ0v) is 19.4. The van der Waals surface area contributed by atoms with Crippen LogP contribution in [0.25, 0.3) is 5.52 Å². The Hall–Kier alpha value is -3.36. The molecule has 2 heterocycles. The first-order valence-corrected chi connectivity index (χ1v) is 10.6. The number of carbonyl (C=O) groups excluding carboxylic acids is 2. The Morgan fingerprint density at radius 2 is 1.45 bits per heavy atom. The number of hydrogen-bond acceptors (Lipinski definition) is 4. The Morgan fingerprint density at radius 1 is 0.868 bits per heavy atom. The lowest BCUT2D eigenvalue weighted by Gasteiger charge is -2.38. The van der Waals surface area contributed by atoms with E-state index in [1.807, 2.05) is 0 Å². The van der Waals surface area contributed by atoms with Crippen molar-refractivity contribution >= 4 is 28.9 Å². The van der Waals surface area contributed by atoms with E-state index in [-0.39, 0.29) is 4.52 Å². The number of esters is 1. The molecule has 3 rings (SSSR count). The first-order valence-electron chi connectivity index (χ1n) is 10.2. The first kappa shape index (κ1) is 29.2. The van der Waals surface area contributed by atoms with Gasteiger partial charge in [-0.15, -0.1) is 0 Å². The topological polar surface area (TPSA) is 60.7 Å². The predicted octanol–water partition coefficient (Wildman–Crippen LogP) is 6.57. The third-order valence-corrected chi connectivity index (χ3v) is 5.53. The lowest BCUT2D eigenvalue weighted by Crippen LogP contribution is -2.65. The fourth-order valence-electron chi connectivity index (χ4n) is 3.47. The summed E-state index contributed by atoms with van der Waals surface area (Å²) < 4.78 is 148. The molecule has 3 aromatic rings. The van der Waals surface area contributed by atoms with Crippen LogP contribution in [0.5, 0.6) is 0 Å². The van der Waals surface area contributed by atoms with Crippen molar-refractivity contribution in [3.63, 3.8) is 0 Å². The molecule has 0 N–H and O–H groups in total. The second-order valence-electron chi connectivity index (χ2n) is 7.63. The Kier molecular flexibility index (Phi) is 7.25. The van der Waals surface area contributed by atoms with Crippen molar-refractivity contribution in [1.29, 1.82) is 0 Å². The average molecular weight is 579 g/mol. The quantitative estimate of drug-likeness (QED) is 0.125. The largest absolute Gasteiger partial charge is 0.462 e. The number of nitrogens with zero attached hydrogens (tertiary/aromatic N) is 2. The van der Waals surface area contributed by atoms with E-state index in [4.69, 9.17) is 0 Å². The van der Waals surface area contributed by atoms with Gasteiger partial charge in [-0.2, -0.15) is 49.0 Å². The zero-order valence-electron chi connectivity index (χ0n) is 18.6. The summed E-state index contributed by atoms with van der Waals surface area (Å²) in [4.78, 5) is 25.8. The summed E-state index contributed by atoms with van der Waals surface area (Å²) in [5.74, 6) is -32.2. The molecule has 0 saturated heterocycles. The normalized spacial score (nSPS) is 13.6. The molecule has 0 fully saturated rings. The third kappa shape index (κ3) is 4.16. The minimum Gasteiger partial charge on any atom is -0.462 e. The second kappa shape index (κ2) is 9.43. The fraction of sp³-hybridized carbons (Fsp3) is 0.318. The van der Waals surface area contributed by atoms with Crippen molar-refractivity contribution in [2.75, 3.05) is 6.61 Å². The molecule has 0 atom stereocenters. The molecule has 2 aromatic heterocycles. The number of fused-ring (bicyclic) bond motifs is 1. The highest BCUT2D eigenvalue weighted by atomic mass is 35.5. The van der Waals surface area contributed by atoms with Crippen LogP contribution in [0.4, 0.5) is 43.9 Å². The number of carbonyl (C=O) groups is 2. The number of ether oxygens (including phenoxy) is 1. The molecule has 38 heavy (non-hydrogen) atoms. The number of benzene rings is 1. The standard InChI is InChI=1S/C22H13ClF10N2O3/c1-2-38-17(37)13-12-9-6-10-34-35(12)15(16(36)11-7-4-3-5-8-11)14(13)18(24,25)19(26,27)20(28,29)21(30,31)22(23,32)33/h3-10H,2H2,1H3. The van der Waals surface area contributed by atoms with Crippen molar-refractivity contribution in [1.82, 2.24) is 9.61 Å². The number of rotatable bonds is 9. The van der Waals surface area contributed by atoms with Gasteiger partial charge in [-0.05, 0) is 30.7 Å². The smallest absolute Gasteiger partial charge is 0.393 e. The summed E-state index contributed by atoms with van der Waals surface area (Å²) in [5, 5.41) is -2.89. The Balaban J connectivity index is 2.48. The molecule has 0 bridgehead atoms. The predicted molar refractivity (Wildman–Crippen MR) is 111 cm³/mol. The van der Waals surface area contributed by atoms with Crippen LogP contribution >= 0.6 is 11.6 Å². The lowest BCUT2D eigenvalue weighted by molar-refractivity contribution is -0.393. The number of alkyl halides is 11. The highest BCUT2D eigenvalue weighted by Gasteiger charge is 2.87. The maximum atomic E-state index is 15.5. The monoisotopic (exact) mass is 578 g/mol. The van der Waals surface area contributed by atoms with Gasteiger partial charge in [-0.3, -0.25) is 4.79 Å². The summed E-state index contributed by atoms with van der Waals surface area (Å²) in [5.41, 5.74) is -7.06. The second-order valence-corrected chi connectivity index (χ2v) is 8.10. The van der Waals surface area contributed by atoms with Gasteiger partial charge in [0.1, 0.15) is 5.69 Å². The number of halogens is 11. The van der Waals surface area contributed by atoms with E-state index < -0.39 is 75.3 Å². The van der Waals surface area contributed by atoms with Crippen LogP contribution in [-0.2, 0) is 10.7 Å². The van der Waals surface area contributed by atoms with Crippen LogP contribution in [0.15, 0.2) is 48.7 Å². The van der Waals surface area contributed by atoms with E-state index in [9.17, 15) is 44.7 Å². The highest BCUT2D eigenvalue weighted by Crippen LogP contribution is 2.61. The molecule has 0 unspecified atom stereocenters. The SMILES string of the molecule is CCOC(=O)c1c(C(F)(F)C(F)(F)C(F)(F)C(F)(F)C(F)(F)Cl)c(C(=O)c2ccccc2)n2ncccc12. The summed E-state index contributed by atoms with van der Waals surface area (Å²) in [6.07, 6.45) is 0.834. The Labute approximate surface area is 210 Å². The van der Waals surface area contributed by atoms with Crippen molar-refractivity contribution in [3.05, 3.63) is 71.0 Å². The maximum Gasteiger partial charge on any atom is 0.393 e. The van der Waals surface area contributed by atoms with Crippen LogP contribution in [0.1, 0.15) is 38.9 Å². The molecule has 0 saturated carbocycles. The Bertz CT molecular complexity index is 1370. The number of ketones is 1. The molecular formula is C22H13ClF10N2O3. The molecule has 0 aliphatic rings. The fourth-order valence-corrected chi connectivity index (χ4v) is 3.59. The molecule has 0 amide bonds. The van der Waals surface area contributed by atoms with Crippen LogP contribution in [0.2, 0.25) is 0 Å². The Morgan fingerprint density at radius 3 is 1.97 bits per heavy atom. The van der Waals surface area contributed by atoms with Gasteiger partial charge in [0.25, 0.3) is 0 Å². The van der Waals surface area contributed by atoms with Gasteiger partial charge >= 0.3 is 35.0 Å². The molecule has 5 nitrogen and oxygen atoms in total. The minimum absolute atomic E-state index is 0.216. The van der Waals surface area contributed by atoms with E-state index in [0.717, 1.165) is 37.4 Å². The summed E-state index contributed by atoms with van der Waals surface area (Å²) in [6.45, 7) is 0.570. The molecule has 206 valence electrons. The van der Waals surface area contributed by atoms with Gasteiger partial charge in [0.15, 0.2) is 0 Å². The summed E-state index contributed by atoms with van der Waals surface area (Å²) in [6, 6.07) is 7.51.